The number of ether oxygens (including phenoxy) is 2. The molecule has 1 saturated heterocycles. The molecule has 5 nitrogen and oxygen atoms in total. The van der Waals surface area contributed by atoms with Gasteiger partial charge in [-0.25, -0.2) is 0 Å². The number of benzene rings is 1. The van der Waals surface area contributed by atoms with Gasteiger partial charge < -0.3 is 9.47 Å². The van der Waals surface area contributed by atoms with Gasteiger partial charge in [-0.3, -0.25) is 14.9 Å². The SMILES string of the molecule is O=C1C=C(c2ccc(OC3CCCCO3)cc2)C(=O)N1. The predicted octanol–water partition coefficient (Wildman–Crippen LogP) is 1.63. The zero-order valence-corrected chi connectivity index (χ0v) is 10.9. The van der Waals surface area contributed by atoms with Crippen LogP contribution in [0.3, 0.4) is 0 Å². The maximum Gasteiger partial charge on any atom is 0.258 e. The highest BCUT2D eigenvalue weighted by atomic mass is 16.7. The molecule has 1 atom stereocenters. The summed E-state index contributed by atoms with van der Waals surface area (Å²) >= 11 is 0. The molecule has 104 valence electrons. The monoisotopic (exact) mass is 273 g/mol. The summed E-state index contributed by atoms with van der Waals surface area (Å²) in [6.45, 7) is 0.734. The van der Waals surface area contributed by atoms with E-state index in [0.29, 0.717) is 16.9 Å². The Morgan fingerprint density at radius 1 is 1.15 bits per heavy atom. The van der Waals surface area contributed by atoms with E-state index >= 15 is 0 Å². The fourth-order valence-corrected chi connectivity index (χ4v) is 2.30. The molecule has 0 aliphatic carbocycles. The van der Waals surface area contributed by atoms with Gasteiger partial charge in [0.05, 0.1) is 12.2 Å². The molecular weight excluding hydrogens is 258 g/mol. The molecule has 1 unspecified atom stereocenters. The second-order valence-corrected chi connectivity index (χ2v) is 4.81. The minimum absolute atomic E-state index is 0.190. The molecule has 2 amide bonds. The van der Waals surface area contributed by atoms with E-state index in [9.17, 15) is 9.59 Å². The summed E-state index contributed by atoms with van der Waals surface area (Å²) in [7, 11) is 0. The van der Waals surface area contributed by atoms with Crippen LogP contribution in [0.1, 0.15) is 24.8 Å². The molecule has 1 fully saturated rings. The Hall–Kier alpha value is -2.14. The van der Waals surface area contributed by atoms with Gasteiger partial charge in [-0.2, -0.15) is 0 Å². The summed E-state index contributed by atoms with van der Waals surface area (Å²) in [6, 6.07) is 7.10. The standard InChI is InChI=1S/C15H15NO4/c17-13-9-12(15(18)16-13)10-4-6-11(7-5-10)20-14-3-1-2-8-19-14/h4-7,9,14H,1-3,8H2,(H,16,17,18). The van der Waals surface area contributed by atoms with Crippen molar-refractivity contribution in [3.63, 3.8) is 0 Å². The van der Waals surface area contributed by atoms with Crippen molar-refractivity contribution in [2.24, 2.45) is 0 Å². The number of imide groups is 1. The normalized spacial score (nSPS) is 22.4. The van der Waals surface area contributed by atoms with Crippen molar-refractivity contribution in [1.82, 2.24) is 5.32 Å². The van der Waals surface area contributed by atoms with Gasteiger partial charge in [0, 0.05) is 12.5 Å². The first-order valence-corrected chi connectivity index (χ1v) is 6.68. The van der Waals surface area contributed by atoms with Gasteiger partial charge in [0.15, 0.2) is 6.29 Å². The minimum Gasteiger partial charge on any atom is -0.465 e. The van der Waals surface area contributed by atoms with Crippen LogP contribution in [-0.4, -0.2) is 24.7 Å². The van der Waals surface area contributed by atoms with Gasteiger partial charge in [-0.15, -0.1) is 0 Å². The van der Waals surface area contributed by atoms with E-state index in [1.165, 1.54) is 6.08 Å². The zero-order chi connectivity index (χ0) is 13.9. The lowest BCUT2D eigenvalue weighted by atomic mass is 10.1. The molecule has 0 spiro atoms. The van der Waals surface area contributed by atoms with Crippen molar-refractivity contribution < 1.29 is 19.1 Å². The van der Waals surface area contributed by atoms with Crippen molar-refractivity contribution in [2.75, 3.05) is 6.61 Å². The maximum atomic E-state index is 11.5. The van der Waals surface area contributed by atoms with Crippen molar-refractivity contribution in [3.05, 3.63) is 35.9 Å². The third kappa shape index (κ3) is 2.72. The van der Waals surface area contributed by atoms with Crippen LogP contribution in [0.15, 0.2) is 30.3 Å². The molecule has 1 aromatic carbocycles. The van der Waals surface area contributed by atoms with Gasteiger partial charge in [0.25, 0.3) is 11.8 Å². The summed E-state index contributed by atoms with van der Waals surface area (Å²) < 4.78 is 11.2. The highest BCUT2D eigenvalue weighted by molar-refractivity contribution is 6.33. The quantitative estimate of drug-likeness (QED) is 0.850. The van der Waals surface area contributed by atoms with E-state index in [0.717, 1.165) is 25.9 Å². The Balaban J connectivity index is 1.70. The average Bonchev–Trinajstić information content (AvgIpc) is 2.80. The second-order valence-electron chi connectivity index (χ2n) is 4.81. The Kier molecular flexibility index (Phi) is 3.52. The van der Waals surface area contributed by atoms with Gasteiger partial charge in [-0.1, -0.05) is 12.1 Å². The zero-order valence-electron chi connectivity index (χ0n) is 10.9. The first-order chi connectivity index (χ1) is 9.72. The summed E-state index contributed by atoms with van der Waals surface area (Å²) in [6.07, 6.45) is 4.20. The summed E-state index contributed by atoms with van der Waals surface area (Å²) in [4.78, 5) is 22.7. The molecule has 0 saturated carbocycles. The van der Waals surface area contributed by atoms with E-state index < -0.39 is 0 Å². The number of hydrogen-bond donors (Lipinski definition) is 1. The molecule has 1 N–H and O–H groups in total. The van der Waals surface area contributed by atoms with Crippen molar-refractivity contribution >= 4 is 17.4 Å². The highest BCUT2D eigenvalue weighted by Gasteiger charge is 2.22. The number of hydrogen-bond acceptors (Lipinski definition) is 4. The van der Waals surface area contributed by atoms with Gasteiger partial charge in [0.2, 0.25) is 0 Å². The number of carbonyl (C=O) groups excluding carboxylic acids is 2. The number of amides is 2. The molecule has 0 bridgehead atoms. The van der Waals surface area contributed by atoms with Crippen LogP contribution in [0.2, 0.25) is 0 Å². The second kappa shape index (κ2) is 5.46. The van der Waals surface area contributed by atoms with E-state index in [1.807, 2.05) is 0 Å². The van der Waals surface area contributed by atoms with E-state index in [1.54, 1.807) is 24.3 Å². The van der Waals surface area contributed by atoms with Crippen LogP contribution in [0, 0.1) is 0 Å². The Labute approximate surface area is 116 Å². The van der Waals surface area contributed by atoms with Crippen LogP contribution < -0.4 is 10.1 Å². The first-order valence-electron chi connectivity index (χ1n) is 6.68. The van der Waals surface area contributed by atoms with Crippen LogP contribution in [0.4, 0.5) is 0 Å². The Bertz CT molecular complexity index is 556. The average molecular weight is 273 g/mol. The summed E-state index contributed by atoms with van der Waals surface area (Å²) in [5.41, 5.74) is 1.08. The minimum atomic E-state index is -0.374. The van der Waals surface area contributed by atoms with Crippen molar-refractivity contribution in [2.45, 2.75) is 25.6 Å². The molecule has 0 aromatic heterocycles. The van der Waals surface area contributed by atoms with Gasteiger partial charge >= 0.3 is 0 Å². The molecule has 3 rings (SSSR count). The maximum absolute atomic E-state index is 11.5. The lowest BCUT2D eigenvalue weighted by Crippen LogP contribution is -2.24. The van der Waals surface area contributed by atoms with Crippen molar-refractivity contribution in [1.29, 1.82) is 0 Å². The molecule has 1 aromatic rings. The molecule has 2 heterocycles. The number of carbonyl (C=O) groups is 2. The van der Waals surface area contributed by atoms with Crippen LogP contribution in [-0.2, 0) is 14.3 Å². The first kappa shape index (κ1) is 12.9. The lowest BCUT2D eigenvalue weighted by molar-refractivity contribution is -0.123. The number of rotatable bonds is 3. The Morgan fingerprint density at radius 2 is 1.95 bits per heavy atom. The van der Waals surface area contributed by atoms with E-state index in [2.05, 4.69) is 5.32 Å². The third-order valence-electron chi connectivity index (χ3n) is 3.33. The topological polar surface area (TPSA) is 64.6 Å². The fraction of sp³-hybridized carbons (Fsp3) is 0.333. The summed E-state index contributed by atoms with van der Waals surface area (Å²) in [5, 5.41) is 2.22. The molecule has 5 heteroatoms. The summed E-state index contributed by atoms with van der Waals surface area (Å²) in [5.74, 6) is -0.0359. The molecule has 20 heavy (non-hydrogen) atoms. The lowest BCUT2D eigenvalue weighted by Gasteiger charge is -2.23. The smallest absolute Gasteiger partial charge is 0.258 e. The fourth-order valence-electron chi connectivity index (χ4n) is 2.30. The molecule has 2 aliphatic heterocycles. The van der Waals surface area contributed by atoms with E-state index in [4.69, 9.17) is 9.47 Å². The molecule has 2 aliphatic rings. The van der Waals surface area contributed by atoms with Gasteiger partial charge in [-0.05, 0) is 30.5 Å². The van der Waals surface area contributed by atoms with E-state index in [-0.39, 0.29) is 18.1 Å². The molecular formula is C15H15NO4. The van der Waals surface area contributed by atoms with Crippen LogP contribution >= 0.6 is 0 Å². The van der Waals surface area contributed by atoms with Crippen LogP contribution in [0.25, 0.3) is 5.57 Å². The van der Waals surface area contributed by atoms with Crippen molar-refractivity contribution in [3.8, 4) is 5.75 Å². The largest absolute Gasteiger partial charge is 0.465 e. The number of nitrogens with one attached hydrogen (secondary N) is 1. The Morgan fingerprint density at radius 3 is 2.55 bits per heavy atom. The van der Waals surface area contributed by atoms with Gasteiger partial charge in [0.1, 0.15) is 5.75 Å². The molecule has 0 radical (unpaired) electrons. The highest BCUT2D eigenvalue weighted by Crippen LogP contribution is 2.23. The predicted molar refractivity (Wildman–Crippen MR) is 71.8 cm³/mol. The van der Waals surface area contributed by atoms with Crippen LogP contribution in [0.5, 0.6) is 5.75 Å². The third-order valence-corrected chi connectivity index (χ3v) is 3.33.